The molecule has 0 aliphatic heterocycles. The fourth-order valence-corrected chi connectivity index (χ4v) is 4.76. The smallest absolute Gasteiger partial charge is 0.281 e. The van der Waals surface area contributed by atoms with Crippen molar-refractivity contribution in [3.8, 4) is 0 Å². The zero-order chi connectivity index (χ0) is 22.2. The molecule has 3 aromatic carbocycles. The van der Waals surface area contributed by atoms with Crippen LogP contribution in [0.1, 0.15) is 27.2 Å². The van der Waals surface area contributed by atoms with Crippen LogP contribution in [0.4, 0.5) is 5.69 Å². The molecule has 3 N–H and O–H groups in total. The lowest BCUT2D eigenvalue weighted by atomic mass is 10.0. The maximum Gasteiger partial charge on any atom is 0.281 e. The molecule has 31 heavy (non-hydrogen) atoms. The Morgan fingerprint density at radius 2 is 1.61 bits per heavy atom. The van der Waals surface area contributed by atoms with E-state index in [4.69, 9.17) is 5.73 Å². The topological polar surface area (TPSA) is 94.2 Å². The standard InChI is InChI=1S/C24H23N3O3S/c1-16-7-5-8-17(2)21(16)15-27-22-12-4-3-9-18(22)13-23(27)24(28)26-31(29,30)20-11-6-10-19(25)14-20/h3-14H,15,25H2,1-2H3,(H,26,28). The van der Waals surface area contributed by atoms with E-state index in [0.717, 1.165) is 27.6 Å². The molecule has 0 atom stereocenters. The predicted molar refractivity (Wildman–Crippen MR) is 122 cm³/mol. The van der Waals surface area contributed by atoms with Gasteiger partial charge in [0, 0.05) is 23.1 Å². The molecule has 0 saturated carbocycles. The van der Waals surface area contributed by atoms with Crippen molar-refractivity contribution in [3.63, 3.8) is 0 Å². The largest absolute Gasteiger partial charge is 0.399 e. The molecule has 0 bridgehead atoms. The highest BCUT2D eigenvalue weighted by molar-refractivity contribution is 7.90. The van der Waals surface area contributed by atoms with Crippen molar-refractivity contribution in [3.05, 3.63) is 95.2 Å². The zero-order valence-corrected chi connectivity index (χ0v) is 18.1. The number of nitrogens with one attached hydrogen (secondary N) is 1. The van der Waals surface area contributed by atoms with Crippen LogP contribution in [-0.2, 0) is 16.6 Å². The van der Waals surface area contributed by atoms with Gasteiger partial charge in [-0.3, -0.25) is 4.79 Å². The summed E-state index contributed by atoms with van der Waals surface area (Å²) >= 11 is 0. The lowest BCUT2D eigenvalue weighted by Crippen LogP contribution is -2.32. The minimum absolute atomic E-state index is 0.0572. The van der Waals surface area contributed by atoms with E-state index < -0.39 is 15.9 Å². The van der Waals surface area contributed by atoms with Crippen molar-refractivity contribution in [2.45, 2.75) is 25.3 Å². The van der Waals surface area contributed by atoms with Crippen molar-refractivity contribution < 1.29 is 13.2 Å². The van der Waals surface area contributed by atoms with Gasteiger partial charge in [-0.15, -0.1) is 0 Å². The van der Waals surface area contributed by atoms with Gasteiger partial charge in [0.25, 0.3) is 15.9 Å². The number of hydrogen-bond donors (Lipinski definition) is 2. The van der Waals surface area contributed by atoms with Crippen molar-refractivity contribution in [1.82, 2.24) is 9.29 Å². The predicted octanol–water partition coefficient (Wildman–Crippen LogP) is 4.01. The summed E-state index contributed by atoms with van der Waals surface area (Å²) in [5.74, 6) is -0.690. The van der Waals surface area contributed by atoms with Crippen LogP contribution in [0.3, 0.4) is 0 Å². The number of hydrogen-bond acceptors (Lipinski definition) is 4. The Morgan fingerprint density at radius 3 is 2.32 bits per heavy atom. The lowest BCUT2D eigenvalue weighted by molar-refractivity contribution is 0.0973. The molecule has 1 aromatic heterocycles. The van der Waals surface area contributed by atoms with Crippen LogP contribution in [0.2, 0.25) is 0 Å². The van der Waals surface area contributed by atoms with Crippen LogP contribution in [0.25, 0.3) is 10.9 Å². The number of anilines is 1. The van der Waals surface area contributed by atoms with Crippen LogP contribution in [0, 0.1) is 13.8 Å². The molecule has 6 nitrogen and oxygen atoms in total. The Balaban J connectivity index is 1.77. The minimum atomic E-state index is -4.07. The van der Waals surface area contributed by atoms with Crippen molar-refractivity contribution in [1.29, 1.82) is 0 Å². The van der Waals surface area contributed by atoms with E-state index >= 15 is 0 Å². The molecule has 7 heteroatoms. The SMILES string of the molecule is Cc1cccc(C)c1Cn1c(C(=O)NS(=O)(=O)c2cccc(N)c2)cc2ccccc21. The Morgan fingerprint density at radius 1 is 0.935 bits per heavy atom. The van der Waals surface area contributed by atoms with Crippen LogP contribution >= 0.6 is 0 Å². The van der Waals surface area contributed by atoms with Gasteiger partial charge in [0.2, 0.25) is 0 Å². The molecule has 158 valence electrons. The van der Waals surface area contributed by atoms with E-state index in [1.54, 1.807) is 12.1 Å². The first-order chi connectivity index (χ1) is 14.8. The quantitative estimate of drug-likeness (QED) is 0.465. The van der Waals surface area contributed by atoms with E-state index in [0.29, 0.717) is 12.2 Å². The lowest BCUT2D eigenvalue weighted by Gasteiger charge is -2.15. The van der Waals surface area contributed by atoms with E-state index in [9.17, 15) is 13.2 Å². The Bertz CT molecular complexity index is 1380. The van der Waals surface area contributed by atoms with Crippen LogP contribution in [-0.4, -0.2) is 18.9 Å². The fourth-order valence-electron chi connectivity index (χ4n) is 3.74. The maximum atomic E-state index is 13.1. The number of nitrogens with zero attached hydrogens (tertiary/aromatic N) is 1. The molecule has 0 unspecified atom stereocenters. The molecular formula is C24H23N3O3S. The summed E-state index contributed by atoms with van der Waals surface area (Å²) in [6.07, 6.45) is 0. The molecule has 0 aliphatic carbocycles. The summed E-state index contributed by atoms with van der Waals surface area (Å²) in [5, 5.41) is 0.861. The van der Waals surface area contributed by atoms with E-state index in [-0.39, 0.29) is 10.6 Å². The number of benzene rings is 3. The number of aromatic nitrogens is 1. The number of rotatable bonds is 5. The summed E-state index contributed by atoms with van der Waals surface area (Å²) in [6.45, 7) is 4.50. The summed E-state index contributed by atoms with van der Waals surface area (Å²) in [4.78, 5) is 13.1. The van der Waals surface area contributed by atoms with Crippen LogP contribution < -0.4 is 10.5 Å². The average molecular weight is 434 g/mol. The van der Waals surface area contributed by atoms with Gasteiger partial charge in [-0.25, -0.2) is 13.1 Å². The zero-order valence-electron chi connectivity index (χ0n) is 17.3. The Labute approximate surface area is 181 Å². The van der Waals surface area contributed by atoms with Crippen molar-refractivity contribution in [2.24, 2.45) is 0 Å². The molecule has 0 saturated heterocycles. The number of fused-ring (bicyclic) bond motifs is 1. The van der Waals surface area contributed by atoms with E-state index in [1.807, 2.05) is 60.9 Å². The minimum Gasteiger partial charge on any atom is -0.399 e. The van der Waals surface area contributed by atoms with Gasteiger partial charge >= 0.3 is 0 Å². The third-order valence-corrected chi connectivity index (χ3v) is 6.73. The van der Waals surface area contributed by atoms with Gasteiger partial charge in [-0.2, -0.15) is 0 Å². The van der Waals surface area contributed by atoms with Crippen LogP contribution in [0.15, 0.2) is 77.7 Å². The van der Waals surface area contributed by atoms with Crippen molar-refractivity contribution in [2.75, 3.05) is 5.73 Å². The fraction of sp³-hybridized carbons (Fsp3) is 0.125. The number of carbonyl (C=O) groups is 1. The van der Waals surface area contributed by atoms with Crippen molar-refractivity contribution >= 4 is 32.5 Å². The first-order valence-corrected chi connectivity index (χ1v) is 11.3. The number of amides is 1. The van der Waals surface area contributed by atoms with Crippen LogP contribution in [0.5, 0.6) is 0 Å². The molecule has 0 fully saturated rings. The number of aryl methyl sites for hydroxylation is 2. The first kappa shape index (κ1) is 20.7. The van der Waals surface area contributed by atoms with Gasteiger partial charge in [-0.1, -0.05) is 42.5 Å². The summed E-state index contributed by atoms with van der Waals surface area (Å²) in [7, 11) is -4.07. The molecule has 1 amide bonds. The highest BCUT2D eigenvalue weighted by Crippen LogP contribution is 2.24. The highest BCUT2D eigenvalue weighted by Gasteiger charge is 2.23. The van der Waals surface area contributed by atoms with Gasteiger partial charge in [0.05, 0.1) is 4.90 Å². The number of carbonyl (C=O) groups excluding carboxylic acids is 1. The molecule has 0 spiro atoms. The third kappa shape index (κ3) is 4.04. The van der Waals surface area contributed by atoms with E-state index in [1.165, 1.54) is 18.2 Å². The second-order valence-electron chi connectivity index (χ2n) is 7.55. The molecule has 0 aliphatic rings. The monoisotopic (exact) mass is 433 g/mol. The van der Waals surface area contributed by atoms with Gasteiger partial charge in [-0.05, 0) is 60.9 Å². The molecule has 4 rings (SSSR count). The highest BCUT2D eigenvalue weighted by atomic mass is 32.2. The number of nitrogens with two attached hydrogens (primary N) is 1. The van der Waals surface area contributed by atoms with E-state index in [2.05, 4.69) is 4.72 Å². The molecule has 4 aromatic rings. The first-order valence-electron chi connectivity index (χ1n) is 9.82. The molecule has 1 heterocycles. The number of para-hydroxylation sites is 1. The Hall–Kier alpha value is -3.58. The second-order valence-corrected chi connectivity index (χ2v) is 9.23. The average Bonchev–Trinajstić information content (AvgIpc) is 3.09. The van der Waals surface area contributed by atoms with Gasteiger partial charge in [0.1, 0.15) is 5.69 Å². The second kappa shape index (κ2) is 7.92. The third-order valence-electron chi connectivity index (χ3n) is 5.40. The van der Waals surface area contributed by atoms with Gasteiger partial charge in [0.15, 0.2) is 0 Å². The number of nitrogen functional groups attached to an aromatic ring is 1. The Kier molecular flexibility index (Phi) is 5.29. The normalized spacial score (nSPS) is 11.5. The molecule has 0 radical (unpaired) electrons. The molecular weight excluding hydrogens is 410 g/mol. The summed E-state index contributed by atoms with van der Waals surface area (Å²) in [6, 6.07) is 21.2. The summed E-state index contributed by atoms with van der Waals surface area (Å²) < 4.78 is 29.6. The van der Waals surface area contributed by atoms with Gasteiger partial charge < -0.3 is 10.3 Å². The summed E-state index contributed by atoms with van der Waals surface area (Å²) in [5.41, 5.74) is 10.5. The number of sulfonamides is 1. The maximum absolute atomic E-state index is 13.1.